The zero-order valence-corrected chi connectivity index (χ0v) is 15.8. The van der Waals surface area contributed by atoms with Gasteiger partial charge in [-0.05, 0) is 37.6 Å². The molecule has 1 unspecified atom stereocenters. The smallest absolute Gasteiger partial charge is 0.273 e. The predicted octanol–water partition coefficient (Wildman–Crippen LogP) is 5.34. The quantitative estimate of drug-likeness (QED) is 0.661. The Balaban J connectivity index is 1.94. The van der Waals surface area contributed by atoms with Crippen LogP contribution in [0, 0.1) is 0 Å². The molecule has 1 atom stereocenters. The van der Waals surface area contributed by atoms with Gasteiger partial charge in [0.15, 0.2) is 0 Å². The van der Waals surface area contributed by atoms with Crippen molar-refractivity contribution in [2.24, 2.45) is 0 Å². The molecule has 0 aliphatic carbocycles. The number of benzene rings is 2. The number of hydrogen-bond donors (Lipinski definition) is 1. The van der Waals surface area contributed by atoms with Gasteiger partial charge in [-0.2, -0.15) is 5.10 Å². The molecule has 2 aromatic carbocycles. The minimum Gasteiger partial charge on any atom is -0.324 e. The van der Waals surface area contributed by atoms with E-state index in [0.29, 0.717) is 15.7 Å². The molecule has 26 heavy (non-hydrogen) atoms. The van der Waals surface area contributed by atoms with Crippen molar-refractivity contribution in [2.45, 2.75) is 25.9 Å². The Kier molecular flexibility index (Phi) is 4.25. The molecule has 4 rings (SSSR count). The summed E-state index contributed by atoms with van der Waals surface area (Å²) in [6.07, 6.45) is 0. The Labute approximate surface area is 161 Å². The highest BCUT2D eigenvalue weighted by molar-refractivity contribution is 6.31. The Morgan fingerprint density at radius 3 is 2.42 bits per heavy atom. The Morgan fingerprint density at radius 1 is 1.08 bits per heavy atom. The van der Waals surface area contributed by atoms with E-state index in [1.807, 2.05) is 67.3 Å². The molecule has 132 valence electrons. The van der Waals surface area contributed by atoms with Gasteiger partial charge in [0.05, 0.1) is 11.7 Å². The van der Waals surface area contributed by atoms with Crippen LogP contribution >= 0.6 is 23.2 Å². The van der Waals surface area contributed by atoms with Crippen molar-refractivity contribution in [1.82, 2.24) is 15.1 Å². The Morgan fingerprint density at radius 2 is 1.77 bits per heavy atom. The molecular weight excluding hydrogens is 369 g/mol. The number of rotatable bonds is 3. The number of fused-ring (bicyclic) bond motifs is 1. The first-order valence-corrected chi connectivity index (χ1v) is 9.16. The molecule has 1 amide bonds. The number of amides is 1. The number of aromatic nitrogens is 2. The minimum atomic E-state index is -0.282. The molecule has 3 aromatic rings. The second kappa shape index (κ2) is 6.45. The number of carbonyl (C=O) groups is 1. The van der Waals surface area contributed by atoms with Gasteiger partial charge in [0.1, 0.15) is 5.69 Å². The molecule has 0 bridgehead atoms. The van der Waals surface area contributed by atoms with E-state index >= 15 is 0 Å². The molecule has 1 aliphatic rings. The van der Waals surface area contributed by atoms with Gasteiger partial charge in [-0.3, -0.25) is 9.89 Å². The van der Waals surface area contributed by atoms with E-state index in [0.717, 1.165) is 22.4 Å². The second-order valence-corrected chi connectivity index (χ2v) is 7.44. The van der Waals surface area contributed by atoms with Crippen molar-refractivity contribution in [3.63, 3.8) is 0 Å². The van der Waals surface area contributed by atoms with Crippen LogP contribution in [0.3, 0.4) is 0 Å². The molecule has 1 N–H and O–H groups in total. The van der Waals surface area contributed by atoms with Crippen molar-refractivity contribution >= 4 is 29.1 Å². The lowest BCUT2D eigenvalue weighted by atomic mass is 9.95. The number of aromatic amines is 1. The molecule has 1 aromatic heterocycles. The van der Waals surface area contributed by atoms with Crippen molar-refractivity contribution in [3.8, 4) is 11.3 Å². The topological polar surface area (TPSA) is 49.0 Å². The first kappa shape index (κ1) is 17.1. The number of halogens is 2. The molecule has 2 heterocycles. The average molecular weight is 386 g/mol. The maximum atomic E-state index is 13.0. The van der Waals surface area contributed by atoms with Crippen LogP contribution in [0.15, 0.2) is 48.5 Å². The lowest BCUT2D eigenvalue weighted by molar-refractivity contribution is 0.0688. The van der Waals surface area contributed by atoms with Gasteiger partial charge in [0.25, 0.3) is 5.91 Å². The maximum absolute atomic E-state index is 13.0. The largest absolute Gasteiger partial charge is 0.324 e. The Bertz CT molecular complexity index is 979. The number of nitrogens with one attached hydrogen (secondary N) is 1. The van der Waals surface area contributed by atoms with Gasteiger partial charge in [-0.25, -0.2) is 0 Å². The highest BCUT2D eigenvalue weighted by Gasteiger charge is 2.43. The van der Waals surface area contributed by atoms with Crippen molar-refractivity contribution in [3.05, 3.63) is 75.4 Å². The summed E-state index contributed by atoms with van der Waals surface area (Å²) in [5.74, 6) is -0.0624. The average Bonchev–Trinajstić information content (AvgIpc) is 3.16. The van der Waals surface area contributed by atoms with Gasteiger partial charge >= 0.3 is 0 Å². The standard InChI is InChI=1S/C20H17Cl2N3O/c1-11(2)25-19(14-5-3-4-6-15(14)22)16-17(23-24-18(16)20(25)26)12-7-9-13(21)10-8-12/h3-11,19H,1-2H3,(H,23,24). The number of hydrogen-bond acceptors (Lipinski definition) is 2. The van der Waals surface area contributed by atoms with Gasteiger partial charge in [0.2, 0.25) is 0 Å². The van der Waals surface area contributed by atoms with Crippen molar-refractivity contribution in [1.29, 1.82) is 0 Å². The van der Waals surface area contributed by atoms with E-state index in [2.05, 4.69) is 10.2 Å². The zero-order valence-electron chi connectivity index (χ0n) is 14.3. The van der Waals surface area contributed by atoms with Gasteiger partial charge in [-0.1, -0.05) is 53.5 Å². The minimum absolute atomic E-state index is 0.0163. The van der Waals surface area contributed by atoms with Gasteiger partial charge < -0.3 is 4.90 Å². The third-order valence-electron chi connectivity index (χ3n) is 4.68. The lowest BCUT2D eigenvalue weighted by Crippen LogP contribution is -2.35. The summed E-state index contributed by atoms with van der Waals surface area (Å²) in [4.78, 5) is 14.9. The summed E-state index contributed by atoms with van der Waals surface area (Å²) in [5, 5.41) is 8.65. The molecule has 4 nitrogen and oxygen atoms in total. The lowest BCUT2D eigenvalue weighted by Gasteiger charge is -2.30. The van der Waals surface area contributed by atoms with Crippen LogP contribution in [0.1, 0.15) is 41.5 Å². The summed E-state index contributed by atoms with van der Waals surface area (Å²) in [7, 11) is 0. The van der Waals surface area contributed by atoms with Crippen LogP contribution in [0.2, 0.25) is 10.0 Å². The first-order valence-electron chi connectivity index (χ1n) is 8.40. The van der Waals surface area contributed by atoms with Crippen LogP contribution in [0.25, 0.3) is 11.3 Å². The van der Waals surface area contributed by atoms with E-state index in [1.165, 1.54) is 0 Å². The van der Waals surface area contributed by atoms with Crippen LogP contribution in [0.4, 0.5) is 0 Å². The molecule has 0 fully saturated rings. The predicted molar refractivity (Wildman–Crippen MR) is 104 cm³/mol. The van der Waals surface area contributed by atoms with Crippen LogP contribution in [-0.2, 0) is 0 Å². The number of nitrogens with zero attached hydrogens (tertiary/aromatic N) is 2. The molecule has 0 radical (unpaired) electrons. The van der Waals surface area contributed by atoms with Crippen LogP contribution < -0.4 is 0 Å². The summed E-state index contributed by atoms with van der Waals surface area (Å²) >= 11 is 12.5. The zero-order chi connectivity index (χ0) is 18.4. The third-order valence-corrected chi connectivity index (χ3v) is 5.27. The fraction of sp³-hybridized carbons (Fsp3) is 0.200. The highest BCUT2D eigenvalue weighted by Crippen LogP contribution is 2.45. The van der Waals surface area contributed by atoms with Crippen LogP contribution in [-0.4, -0.2) is 27.0 Å². The van der Waals surface area contributed by atoms with Gasteiger partial charge in [-0.15, -0.1) is 0 Å². The van der Waals surface area contributed by atoms with E-state index < -0.39 is 0 Å². The monoisotopic (exact) mass is 385 g/mol. The SMILES string of the molecule is CC(C)N1C(=O)c2[nH]nc(-c3ccc(Cl)cc3)c2C1c1ccccc1Cl. The maximum Gasteiger partial charge on any atom is 0.273 e. The molecule has 0 spiro atoms. The first-order chi connectivity index (χ1) is 12.5. The van der Waals surface area contributed by atoms with E-state index in [4.69, 9.17) is 23.2 Å². The molecule has 0 saturated heterocycles. The number of carbonyl (C=O) groups excluding carboxylic acids is 1. The fourth-order valence-electron chi connectivity index (χ4n) is 3.53. The summed E-state index contributed by atoms with van der Waals surface area (Å²) in [5.41, 5.74) is 3.93. The number of H-pyrrole nitrogens is 1. The Hall–Kier alpha value is -2.30. The highest BCUT2D eigenvalue weighted by atomic mass is 35.5. The van der Waals surface area contributed by atoms with Crippen LogP contribution in [0.5, 0.6) is 0 Å². The molecule has 6 heteroatoms. The molecule has 1 aliphatic heterocycles. The summed E-state index contributed by atoms with van der Waals surface area (Å²) < 4.78 is 0. The second-order valence-electron chi connectivity index (χ2n) is 6.60. The normalized spacial score (nSPS) is 16.4. The van der Waals surface area contributed by atoms with E-state index in [1.54, 1.807) is 0 Å². The fourth-order valence-corrected chi connectivity index (χ4v) is 3.89. The van der Waals surface area contributed by atoms with Crippen molar-refractivity contribution in [2.75, 3.05) is 0 Å². The molecule has 0 saturated carbocycles. The van der Waals surface area contributed by atoms with Crippen molar-refractivity contribution < 1.29 is 4.79 Å². The summed E-state index contributed by atoms with van der Waals surface area (Å²) in [6.45, 7) is 4.01. The third kappa shape index (κ3) is 2.61. The molecular formula is C20H17Cl2N3O. The summed E-state index contributed by atoms with van der Waals surface area (Å²) in [6, 6.07) is 14.8. The van der Waals surface area contributed by atoms with E-state index in [-0.39, 0.29) is 18.0 Å². The van der Waals surface area contributed by atoms with Gasteiger partial charge in [0, 0.05) is 27.2 Å². The van der Waals surface area contributed by atoms with E-state index in [9.17, 15) is 4.79 Å².